The Labute approximate surface area is 197 Å². The van der Waals surface area contributed by atoms with Gasteiger partial charge in [0.2, 0.25) is 5.96 Å². The predicted molar refractivity (Wildman–Crippen MR) is 128 cm³/mol. The quantitative estimate of drug-likeness (QED) is 0.549. The summed E-state index contributed by atoms with van der Waals surface area (Å²) >= 11 is 6.00. The molecule has 3 N–H and O–H groups in total. The van der Waals surface area contributed by atoms with Crippen LogP contribution in [0, 0.1) is 0 Å². The molecule has 1 unspecified atom stereocenters. The molecule has 0 fully saturated rings. The minimum atomic E-state index is -0.214. The van der Waals surface area contributed by atoms with Gasteiger partial charge in [-0.1, -0.05) is 23.7 Å². The van der Waals surface area contributed by atoms with E-state index in [1.54, 1.807) is 21.9 Å². The first-order valence-corrected chi connectivity index (χ1v) is 11.1. The van der Waals surface area contributed by atoms with Crippen molar-refractivity contribution in [1.29, 1.82) is 0 Å². The number of aliphatic hydroxyl groups is 1. The van der Waals surface area contributed by atoms with Crippen molar-refractivity contribution >= 4 is 29.3 Å². The lowest BCUT2D eigenvalue weighted by Crippen LogP contribution is -2.52. The van der Waals surface area contributed by atoms with E-state index >= 15 is 0 Å². The number of halogens is 1. The molecule has 2 amide bonds. The maximum atomic E-state index is 13.2. The van der Waals surface area contributed by atoms with Crippen LogP contribution in [0.5, 0.6) is 5.75 Å². The summed E-state index contributed by atoms with van der Waals surface area (Å²) in [6.07, 6.45) is 4.11. The third kappa shape index (κ3) is 5.95. The van der Waals surface area contributed by atoms with Gasteiger partial charge in [0.05, 0.1) is 6.54 Å². The lowest BCUT2D eigenvalue weighted by atomic mass is 10.2. The minimum absolute atomic E-state index is 0.0205. The van der Waals surface area contributed by atoms with E-state index in [1.165, 1.54) is 0 Å². The first-order chi connectivity index (χ1) is 16.0. The van der Waals surface area contributed by atoms with Crippen molar-refractivity contribution in [2.75, 3.05) is 32.2 Å². The van der Waals surface area contributed by atoms with Crippen molar-refractivity contribution in [2.24, 2.45) is 4.99 Å². The number of anilines is 1. The number of aliphatic imine (C=N–C) groups is 1. The molecule has 0 aromatic heterocycles. The Morgan fingerprint density at radius 3 is 2.64 bits per heavy atom. The lowest BCUT2D eigenvalue weighted by molar-refractivity contribution is 0.156. The standard InChI is InChI=1S/C23H27ClN6O3/c1-28-13-11-21(27-28)33-20-9-7-19(8-10-20)26-22-25-16-29(12-2-14-31)23(32)30(22)15-17-3-5-18(24)6-4-17/h3-11,13,21,27,31H,2,12,14-16H2,1H3,(H,25,26). The van der Waals surface area contributed by atoms with Gasteiger partial charge in [-0.05, 0) is 54.5 Å². The summed E-state index contributed by atoms with van der Waals surface area (Å²) in [5, 5.41) is 14.9. The zero-order chi connectivity index (χ0) is 23.2. The van der Waals surface area contributed by atoms with Gasteiger partial charge in [0, 0.05) is 37.1 Å². The average molecular weight is 471 g/mol. The molecule has 2 aromatic carbocycles. The molecular formula is C23H27ClN6O3. The topological polar surface area (TPSA) is 92.7 Å². The highest BCUT2D eigenvalue weighted by atomic mass is 35.5. The summed E-state index contributed by atoms with van der Waals surface area (Å²) in [7, 11) is 1.90. The molecule has 0 aliphatic carbocycles. The average Bonchev–Trinajstić information content (AvgIpc) is 3.22. The van der Waals surface area contributed by atoms with Gasteiger partial charge in [-0.25, -0.2) is 9.79 Å². The number of nitrogens with zero attached hydrogens (tertiary/aromatic N) is 4. The van der Waals surface area contributed by atoms with E-state index in [0.29, 0.717) is 36.2 Å². The summed E-state index contributed by atoms with van der Waals surface area (Å²) in [5.41, 5.74) is 4.84. The van der Waals surface area contributed by atoms with Crippen molar-refractivity contribution in [3.63, 3.8) is 0 Å². The van der Waals surface area contributed by atoms with Crippen LogP contribution in [-0.4, -0.2) is 65.0 Å². The highest BCUT2D eigenvalue weighted by Crippen LogP contribution is 2.21. The number of hydrogen-bond donors (Lipinski definition) is 3. The summed E-state index contributed by atoms with van der Waals surface area (Å²) < 4.78 is 5.87. The maximum absolute atomic E-state index is 13.2. The molecule has 0 saturated heterocycles. The second-order valence-corrected chi connectivity index (χ2v) is 8.16. The second-order valence-electron chi connectivity index (χ2n) is 7.73. The van der Waals surface area contributed by atoms with Crippen LogP contribution in [0.1, 0.15) is 12.0 Å². The van der Waals surface area contributed by atoms with E-state index in [2.05, 4.69) is 15.7 Å². The van der Waals surface area contributed by atoms with Gasteiger partial charge < -0.3 is 25.1 Å². The second kappa shape index (κ2) is 10.6. The fraction of sp³-hybridized carbons (Fsp3) is 0.304. The molecule has 33 heavy (non-hydrogen) atoms. The largest absolute Gasteiger partial charge is 0.470 e. The molecule has 4 rings (SSSR count). The van der Waals surface area contributed by atoms with Crippen LogP contribution >= 0.6 is 11.6 Å². The number of carbonyl (C=O) groups excluding carboxylic acids is 1. The van der Waals surface area contributed by atoms with E-state index in [-0.39, 0.29) is 25.5 Å². The number of guanidine groups is 1. The van der Waals surface area contributed by atoms with Gasteiger partial charge in [-0.15, -0.1) is 0 Å². The Balaban J connectivity index is 1.47. The smallest absolute Gasteiger partial charge is 0.328 e. The Kier molecular flexibility index (Phi) is 7.33. The van der Waals surface area contributed by atoms with Crippen molar-refractivity contribution in [3.05, 3.63) is 71.4 Å². The van der Waals surface area contributed by atoms with Crippen LogP contribution in [0.25, 0.3) is 0 Å². The number of urea groups is 1. The lowest BCUT2D eigenvalue weighted by Gasteiger charge is -2.35. The van der Waals surface area contributed by atoms with Crippen molar-refractivity contribution in [2.45, 2.75) is 19.2 Å². The number of hydrogen-bond acceptors (Lipinski definition) is 7. The number of ether oxygens (including phenoxy) is 1. The molecular weight excluding hydrogens is 444 g/mol. The van der Waals surface area contributed by atoms with Crippen LogP contribution in [-0.2, 0) is 6.54 Å². The fourth-order valence-corrected chi connectivity index (χ4v) is 3.59. The van der Waals surface area contributed by atoms with E-state index < -0.39 is 0 Å². The summed E-state index contributed by atoms with van der Waals surface area (Å²) in [5.74, 6) is 1.18. The van der Waals surface area contributed by atoms with E-state index in [4.69, 9.17) is 21.4 Å². The zero-order valence-electron chi connectivity index (χ0n) is 18.3. The van der Waals surface area contributed by atoms with Crippen LogP contribution < -0.4 is 15.5 Å². The molecule has 10 heteroatoms. The number of carbonyl (C=O) groups is 1. The third-order valence-corrected chi connectivity index (χ3v) is 5.43. The van der Waals surface area contributed by atoms with Gasteiger partial charge in [-0.2, -0.15) is 5.43 Å². The van der Waals surface area contributed by atoms with Crippen molar-refractivity contribution < 1.29 is 14.6 Å². The third-order valence-electron chi connectivity index (χ3n) is 5.18. The predicted octanol–water partition coefficient (Wildman–Crippen LogP) is 3.05. The summed E-state index contributed by atoms with van der Waals surface area (Å²) in [4.78, 5) is 21.0. The molecule has 9 nitrogen and oxygen atoms in total. The molecule has 2 aliphatic heterocycles. The molecule has 0 radical (unpaired) electrons. The van der Waals surface area contributed by atoms with Crippen LogP contribution in [0.3, 0.4) is 0 Å². The fourth-order valence-electron chi connectivity index (χ4n) is 3.46. The number of aliphatic hydroxyl groups excluding tert-OH is 1. The summed E-state index contributed by atoms with van der Waals surface area (Å²) in [6, 6.07) is 14.7. The Morgan fingerprint density at radius 2 is 1.97 bits per heavy atom. The molecule has 174 valence electrons. The van der Waals surface area contributed by atoms with E-state index in [1.807, 2.05) is 60.7 Å². The van der Waals surface area contributed by atoms with Gasteiger partial charge in [0.25, 0.3) is 0 Å². The first kappa shape index (κ1) is 22.9. The van der Waals surface area contributed by atoms with Gasteiger partial charge in [-0.3, -0.25) is 4.90 Å². The number of hydrazine groups is 1. The molecule has 2 heterocycles. The Bertz CT molecular complexity index is 1010. The Hall–Kier alpha value is -3.27. The van der Waals surface area contributed by atoms with Gasteiger partial charge in [0.15, 0.2) is 6.23 Å². The number of nitrogens with one attached hydrogen (secondary N) is 2. The maximum Gasteiger partial charge on any atom is 0.328 e. The van der Waals surface area contributed by atoms with Crippen LogP contribution in [0.15, 0.2) is 65.8 Å². The number of rotatable bonds is 8. The first-order valence-electron chi connectivity index (χ1n) is 10.7. The molecule has 0 bridgehead atoms. The van der Waals surface area contributed by atoms with Crippen molar-refractivity contribution in [3.8, 4) is 5.75 Å². The molecule has 1 atom stereocenters. The molecule has 2 aromatic rings. The normalized spacial score (nSPS) is 18.0. The number of benzene rings is 2. The van der Waals surface area contributed by atoms with Crippen molar-refractivity contribution in [1.82, 2.24) is 20.2 Å². The Morgan fingerprint density at radius 1 is 1.21 bits per heavy atom. The summed E-state index contributed by atoms with van der Waals surface area (Å²) in [6.45, 7) is 1.03. The van der Waals surface area contributed by atoms with E-state index in [9.17, 15) is 4.79 Å². The molecule has 0 spiro atoms. The monoisotopic (exact) mass is 470 g/mol. The van der Waals surface area contributed by atoms with Crippen LogP contribution in [0.4, 0.5) is 10.5 Å². The van der Waals surface area contributed by atoms with Gasteiger partial charge >= 0.3 is 6.03 Å². The number of amides is 2. The van der Waals surface area contributed by atoms with Gasteiger partial charge in [0.1, 0.15) is 12.4 Å². The SMILES string of the molecule is CN1C=CC(Oc2ccc(NC3=NCN(CCCO)C(=O)N3Cc3ccc(Cl)cc3)cc2)N1. The minimum Gasteiger partial charge on any atom is -0.470 e. The molecule has 0 saturated carbocycles. The highest BCUT2D eigenvalue weighted by Gasteiger charge is 2.29. The van der Waals surface area contributed by atoms with Crippen LogP contribution in [0.2, 0.25) is 5.02 Å². The zero-order valence-corrected chi connectivity index (χ0v) is 19.1. The molecule has 2 aliphatic rings. The van der Waals surface area contributed by atoms with E-state index in [0.717, 1.165) is 11.3 Å². The highest BCUT2D eigenvalue weighted by molar-refractivity contribution is 6.30.